The molecule has 2 aromatic rings. The van der Waals surface area contributed by atoms with E-state index in [4.69, 9.17) is 25.8 Å². The molecule has 1 N–H and O–H groups in total. The summed E-state index contributed by atoms with van der Waals surface area (Å²) in [5, 5.41) is 2.77. The maximum absolute atomic E-state index is 12.8. The number of ether oxygens (including phenoxy) is 3. The summed E-state index contributed by atoms with van der Waals surface area (Å²) in [6.07, 6.45) is 1.51. The number of hydrogen-bond acceptors (Lipinski definition) is 6. The maximum atomic E-state index is 12.8. The summed E-state index contributed by atoms with van der Waals surface area (Å²) in [6, 6.07) is 11.9. The fraction of sp³-hybridized carbons (Fsp3) is 0.261. The Balaban J connectivity index is 1.82. The van der Waals surface area contributed by atoms with Crippen molar-refractivity contribution in [1.29, 1.82) is 0 Å². The first-order chi connectivity index (χ1) is 15.4. The molecule has 3 amide bonds. The predicted octanol–water partition coefficient (Wildman–Crippen LogP) is 3.77. The normalized spacial score (nSPS) is 14.5. The van der Waals surface area contributed by atoms with E-state index in [2.05, 4.69) is 5.32 Å². The Labute approximate surface area is 190 Å². The standard InChI is InChI=1S/C23H23ClN2O6/c1-3-30-19-12-16(10-17(24)21(19)32-14-20(27)31-4-2)11-18-22(28)26(23(29)25-18)13-15-8-6-5-7-9-15/h5-12H,3-4,13-14H2,1-2H3,(H,25,29)/b18-11+. The lowest BCUT2D eigenvalue weighted by molar-refractivity contribution is -0.145. The van der Waals surface area contributed by atoms with E-state index >= 15 is 0 Å². The van der Waals surface area contributed by atoms with Gasteiger partial charge in [-0.05, 0) is 43.2 Å². The molecule has 0 atom stereocenters. The number of urea groups is 1. The molecule has 0 spiro atoms. The van der Waals surface area contributed by atoms with Gasteiger partial charge >= 0.3 is 12.0 Å². The maximum Gasteiger partial charge on any atom is 0.344 e. The van der Waals surface area contributed by atoms with E-state index in [1.54, 1.807) is 26.0 Å². The lowest BCUT2D eigenvalue weighted by Gasteiger charge is -2.14. The summed E-state index contributed by atoms with van der Waals surface area (Å²) in [4.78, 5) is 37.8. The number of carbonyl (C=O) groups is 3. The second-order valence-electron chi connectivity index (χ2n) is 6.72. The zero-order chi connectivity index (χ0) is 23.1. The van der Waals surface area contributed by atoms with Crippen molar-refractivity contribution in [3.63, 3.8) is 0 Å². The molecule has 9 heteroatoms. The van der Waals surface area contributed by atoms with Crippen LogP contribution in [0.25, 0.3) is 6.08 Å². The third-order valence-electron chi connectivity index (χ3n) is 4.43. The van der Waals surface area contributed by atoms with Crippen molar-refractivity contribution in [2.24, 2.45) is 0 Å². The van der Waals surface area contributed by atoms with E-state index in [-0.39, 0.29) is 36.2 Å². The number of hydrogen-bond donors (Lipinski definition) is 1. The molecule has 168 valence electrons. The first-order valence-corrected chi connectivity index (χ1v) is 10.4. The van der Waals surface area contributed by atoms with Gasteiger partial charge in [0.2, 0.25) is 0 Å². The van der Waals surface area contributed by atoms with Gasteiger partial charge in [-0.25, -0.2) is 9.59 Å². The van der Waals surface area contributed by atoms with Crippen LogP contribution in [0.2, 0.25) is 5.02 Å². The minimum absolute atomic E-state index is 0.115. The van der Waals surface area contributed by atoms with Gasteiger partial charge < -0.3 is 19.5 Å². The van der Waals surface area contributed by atoms with Gasteiger partial charge in [0.15, 0.2) is 18.1 Å². The van der Waals surface area contributed by atoms with E-state index in [0.29, 0.717) is 17.9 Å². The summed E-state index contributed by atoms with van der Waals surface area (Å²) in [7, 11) is 0. The second-order valence-corrected chi connectivity index (χ2v) is 7.13. The molecule has 0 unspecified atom stereocenters. The largest absolute Gasteiger partial charge is 0.490 e. The molecular weight excluding hydrogens is 436 g/mol. The van der Waals surface area contributed by atoms with Gasteiger partial charge in [-0.15, -0.1) is 0 Å². The number of esters is 1. The zero-order valence-corrected chi connectivity index (χ0v) is 18.5. The van der Waals surface area contributed by atoms with Crippen molar-refractivity contribution in [2.75, 3.05) is 19.8 Å². The van der Waals surface area contributed by atoms with Gasteiger partial charge in [0.1, 0.15) is 5.70 Å². The number of nitrogens with one attached hydrogen (secondary N) is 1. The van der Waals surface area contributed by atoms with E-state index in [9.17, 15) is 14.4 Å². The number of nitrogens with zero attached hydrogens (tertiary/aromatic N) is 1. The molecule has 1 aliphatic rings. The quantitative estimate of drug-likeness (QED) is 0.349. The fourth-order valence-electron chi connectivity index (χ4n) is 3.06. The Bertz CT molecular complexity index is 1040. The molecule has 3 rings (SSSR count). The Kier molecular flexibility index (Phi) is 7.72. The van der Waals surface area contributed by atoms with Crippen LogP contribution in [0.5, 0.6) is 11.5 Å². The van der Waals surface area contributed by atoms with Gasteiger partial charge in [0.25, 0.3) is 5.91 Å². The summed E-state index contributed by atoms with van der Waals surface area (Å²) < 4.78 is 15.9. The van der Waals surface area contributed by atoms with Crippen LogP contribution in [0.3, 0.4) is 0 Å². The van der Waals surface area contributed by atoms with Crippen LogP contribution in [-0.2, 0) is 20.9 Å². The molecule has 2 aromatic carbocycles. The van der Waals surface area contributed by atoms with Crippen molar-refractivity contribution in [3.8, 4) is 11.5 Å². The highest BCUT2D eigenvalue weighted by atomic mass is 35.5. The van der Waals surface area contributed by atoms with Crippen molar-refractivity contribution in [3.05, 3.63) is 64.3 Å². The van der Waals surface area contributed by atoms with Crippen molar-refractivity contribution >= 4 is 35.6 Å². The molecule has 1 saturated heterocycles. The topological polar surface area (TPSA) is 94.2 Å². The van der Waals surface area contributed by atoms with Gasteiger partial charge in [0.05, 0.1) is 24.8 Å². The number of halogens is 1. The Morgan fingerprint density at radius 2 is 1.84 bits per heavy atom. The van der Waals surface area contributed by atoms with Crippen LogP contribution in [0.4, 0.5) is 4.79 Å². The lowest BCUT2D eigenvalue weighted by Crippen LogP contribution is -2.30. The molecule has 0 saturated carbocycles. The number of rotatable bonds is 9. The van der Waals surface area contributed by atoms with E-state index in [1.165, 1.54) is 6.08 Å². The van der Waals surface area contributed by atoms with Crippen LogP contribution in [0.1, 0.15) is 25.0 Å². The van der Waals surface area contributed by atoms with Gasteiger partial charge in [-0.3, -0.25) is 9.69 Å². The van der Waals surface area contributed by atoms with Crippen molar-refractivity contribution in [2.45, 2.75) is 20.4 Å². The lowest BCUT2D eigenvalue weighted by atomic mass is 10.1. The smallest absolute Gasteiger partial charge is 0.344 e. The van der Waals surface area contributed by atoms with Crippen LogP contribution in [0.15, 0.2) is 48.2 Å². The van der Waals surface area contributed by atoms with Crippen molar-refractivity contribution < 1.29 is 28.6 Å². The zero-order valence-electron chi connectivity index (χ0n) is 17.7. The summed E-state index contributed by atoms with van der Waals surface area (Å²) >= 11 is 6.35. The summed E-state index contributed by atoms with van der Waals surface area (Å²) in [6.45, 7) is 3.89. The highest BCUT2D eigenvalue weighted by Gasteiger charge is 2.33. The highest BCUT2D eigenvalue weighted by Crippen LogP contribution is 2.37. The van der Waals surface area contributed by atoms with E-state index in [1.807, 2.05) is 30.3 Å². The minimum atomic E-state index is -0.532. The first kappa shape index (κ1) is 23.1. The molecule has 0 radical (unpaired) electrons. The average molecular weight is 459 g/mol. The van der Waals surface area contributed by atoms with Gasteiger partial charge in [0, 0.05) is 0 Å². The molecule has 0 aromatic heterocycles. The molecule has 1 heterocycles. The summed E-state index contributed by atoms with van der Waals surface area (Å²) in [5.41, 5.74) is 1.47. The van der Waals surface area contributed by atoms with E-state index < -0.39 is 17.9 Å². The second kappa shape index (κ2) is 10.7. The number of imide groups is 1. The average Bonchev–Trinajstić information content (AvgIpc) is 3.01. The molecule has 32 heavy (non-hydrogen) atoms. The minimum Gasteiger partial charge on any atom is -0.490 e. The first-order valence-electron chi connectivity index (χ1n) is 10.1. The third-order valence-corrected chi connectivity index (χ3v) is 4.71. The monoisotopic (exact) mass is 458 g/mol. The van der Waals surface area contributed by atoms with Crippen LogP contribution < -0.4 is 14.8 Å². The SMILES string of the molecule is CCOC(=O)COc1c(Cl)cc(/C=C2/NC(=O)N(Cc3ccccc3)C2=O)cc1OCC. The Morgan fingerprint density at radius 1 is 1.09 bits per heavy atom. The van der Waals surface area contributed by atoms with Crippen molar-refractivity contribution in [1.82, 2.24) is 10.2 Å². The molecule has 8 nitrogen and oxygen atoms in total. The highest BCUT2D eigenvalue weighted by molar-refractivity contribution is 6.32. The molecular formula is C23H23ClN2O6. The molecule has 1 fully saturated rings. The predicted molar refractivity (Wildman–Crippen MR) is 118 cm³/mol. The Morgan fingerprint density at radius 3 is 2.53 bits per heavy atom. The molecule has 1 aliphatic heterocycles. The van der Waals surface area contributed by atoms with E-state index in [0.717, 1.165) is 10.5 Å². The number of amides is 3. The number of carbonyl (C=O) groups excluding carboxylic acids is 3. The molecule has 0 bridgehead atoms. The summed E-state index contributed by atoms with van der Waals surface area (Å²) in [5.74, 6) is -0.490. The Hall–Kier alpha value is -3.52. The third kappa shape index (κ3) is 5.59. The van der Waals surface area contributed by atoms with Crippen LogP contribution in [0, 0.1) is 0 Å². The fourth-order valence-corrected chi connectivity index (χ4v) is 3.33. The van der Waals surface area contributed by atoms with Gasteiger partial charge in [-0.1, -0.05) is 41.9 Å². The molecule has 0 aliphatic carbocycles. The van der Waals surface area contributed by atoms with Crippen LogP contribution in [-0.4, -0.2) is 42.6 Å². The number of benzene rings is 2. The van der Waals surface area contributed by atoms with Crippen LogP contribution >= 0.6 is 11.6 Å². The van der Waals surface area contributed by atoms with Gasteiger partial charge in [-0.2, -0.15) is 0 Å².